The van der Waals surface area contributed by atoms with Gasteiger partial charge in [-0.3, -0.25) is 14.7 Å². The van der Waals surface area contributed by atoms with Crippen molar-refractivity contribution in [3.8, 4) is 5.75 Å². The van der Waals surface area contributed by atoms with Crippen molar-refractivity contribution < 1.29 is 14.3 Å². The van der Waals surface area contributed by atoms with Gasteiger partial charge in [-0.25, -0.2) is 4.98 Å². The van der Waals surface area contributed by atoms with E-state index < -0.39 is 0 Å². The van der Waals surface area contributed by atoms with Crippen LogP contribution in [0.3, 0.4) is 0 Å². The molecule has 10 heteroatoms. The summed E-state index contributed by atoms with van der Waals surface area (Å²) in [5.41, 5.74) is 4.05. The third kappa shape index (κ3) is 8.27. The lowest BCUT2D eigenvalue weighted by Gasteiger charge is -2.26. The summed E-state index contributed by atoms with van der Waals surface area (Å²) in [4.78, 5) is 24.3. The van der Waals surface area contributed by atoms with Crippen molar-refractivity contribution in [2.45, 2.75) is 32.8 Å². The first-order valence-corrected chi connectivity index (χ1v) is 15.0. The number of fused-ring (bicyclic) bond motifs is 1. The molecular weight excluding hydrogens is 558 g/mol. The van der Waals surface area contributed by atoms with Gasteiger partial charge in [-0.1, -0.05) is 35.1 Å². The quantitative estimate of drug-likeness (QED) is 0.135. The molecule has 0 radical (unpaired) electrons. The number of carbonyl (C=O) groups is 1. The first-order valence-electron chi connectivity index (χ1n) is 13.8. The molecule has 0 bridgehead atoms. The maximum Gasteiger partial charge on any atom is 0.251 e. The molecule has 0 spiro atoms. The van der Waals surface area contributed by atoms with Crippen LogP contribution >= 0.6 is 22.9 Å². The van der Waals surface area contributed by atoms with Crippen LogP contribution in [0.2, 0.25) is 5.02 Å². The topological polar surface area (TPSA) is 88.6 Å². The highest BCUT2D eigenvalue weighted by atomic mass is 35.5. The highest BCUT2D eigenvalue weighted by Gasteiger charge is 2.13. The Labute approximate surface area is 249 Å². The van der Waals surface area contributed by atoms with Gasteiger partial charge in [0.25, 0.3) is 5.91 Å². The fraction of sp³-hybridized carbons (Fsp3) is 0.323. The first kappa shape index (κ1) is 29.0. The molecule has 0 saturated carbocycles. The van der Waals surface area contributed by atoms with Crippen LogP contribution in [0.5, 0.6) is 5.75 Å². The molecule has 1 aliphatic heterocycles. The molecule has 1 saturated heterocycles. The minimum absolute atomic E-state index is 0.0546. The predicted molar refractivity (Wildman–Crippen MR) is 166 cm³/mol. The molecule has 0 aliphatic carbocycles. The third-order valence-electron chi connectivity index (χ3n) is 6.85. The van der Waals surface area contributed by atoms with Gasteiger partial charge >= 0.3 is 0 Å². The van der Waals surface area contributed by atoms with Crippen LogP contribution in [-0.4, -0.2) is 53.6 Å². The van der Waals surface area contributed by atoms with Crippen LogP contribution in [0.25, 0.3) is 10.2 Å². The number of nitrogens with zero attached hydrogens (tertiary/aromatic N) is 3. The van der Waals surface area contributed by atoms with E-state index in [0.29, 0.717) is 17.4 Å². The van der Waals surface area contributed by atoms with E-state index in [9.17, 15) is 4.79 Å². The Kier molecular flexibility index (Phi) is 10.2. The van der Waals surface area contributed by atoms with Crippen LogP contribution in [0.15, 0.2) is 72.4 Å². The standard InChI is InChI=1S/C31H34ClN5O3S/c1-2-22(7-4-6-14-37-15-17-39-18-16-37)30(38)34-24-9-11-27-29(20-24)41-31(36-27)35-23-10-12-28(26(32)19-23)40-21-25-8-3-5-13-33-25/h2-3,5,8-13,19-20H,4,6-7,14-18,21H2,1H3,(H,34,38)(H,35,36). The van der Waals surface area contributed by atoms with Crippen molar-refractivity contribution in [3.05, 3.63) is 83.2 Å². The lowest BCUT2D eigenvalue weighted by Crippen LogP contribution is -2.36. The van der Waals surface area contributed by atoms with E-state index in [1.54, 1.807) is 6.20 Å². The number of anilines is 3. The lowest BCUT2D eigenvalue weighted by atomic mass is 10.1. The summed E-state index contributed by atoms with van der Waals surface area (Å²) in [7, 11) is 0. The summed E-state index contributed by atoms with van der Waals surface area (Å²) in [6, 6.07) is 17.0. The molecule has 8 nitrogen and oxygen atoms in total. The van der Waals surface area contributed by atoms with E-state index in [2.05, 4.69) is 25.5 Å². The van der Waals surface area contributed by atoms with Crippen LogP contribution in [0, 0.1) is 0 Å². The highest BCUT2D eigenvalue weighted by molar-refractivity contribution is 7.22. The Balaban J connectivity index is 1.14. The second kappa shape index (κ2) is 14.4. The maximum atomic E-state index is 13.0. The van der Waals surface area contributed by atoms with Crippen molar-refractivity contribution in [1.29, 1.82) is 0 Å². The molecule has 1 amide bonds. The van der Waals surface area contributed by atoms with E-state index in [1.165, 1.54) is 11.3 Å². The molecule has 2 aromatic carbocycles. The van der Waals surface area contributed by atoms with Crippen molar-refractivity contribution in [3.63, 3.8) is 0 Å². The number of amides is 1. The van der Waals surface area contributed by atoms with E-state index in [1.807, 2.05) is 67.6 Å². The molecule has 0 atom stereocenters. The summed E-state index contributed by atoms with van der Waals surface area (Å²) < 4.78 is 12.2. The smallest absolute Gasteiger partial charge is 0.251 e. The van der Waals surface area contributed by atoms with Crippen molar-refractivity contribution in [2.24, 2.45) is 0 Å². The molecule has 214 valence electrons. The van der Waals surface area contributed by atoms with Gasteiger partial charge in [-0.05, 0) is 81.3 Å². The second-order valence-corrected chi connectivity index (χ2v) is 11.2. The van der Waals surface area contributed by atoms with Gasteiger partial charge in [0.05, 0.1) is 34.1 Å². The molecular formula is C31H34ClN5O3S. The Bertz CT molecular complexity index is 1490. The highest BCUT2D eigenvalue weighted by Crippen LogP contribution is 2.33. The van der Waals surface area contributed by atoms with Crippen LogP contribution < -0.4 is 15.4 Å². The Morgan fingerprint density at radius 3 is 2.76 bits per heavy atom. The number of pyridine rings is 1. The number of allylic oxidation sites excluding steroid dienone is 1. The lowest BCUT2D eigenvalue weighted by molar-refractivity contribution is -0.113. The third-order valence-corrected chi connectivity index (χ3v) is 8.07. The molecule has 2 aromatic heterocycles. The number of hydrogen-bond donors (Lipinski definition) is 2. The summed E-state index contributed by atoms with van der Waals surface area (Å²) in [5, 5.41) is 7.61. The predicted octanol–water partition coefficient (Wildman–Crippen LogP) is 7.05. The fourth-order valence-corrected chi connectivity index (χ4v) is 5.75. The number of thiazole rings is 1. The molecule has 41 heavy (non-hydrogen) atoms. The van der Waals surface area contributed by atoms with Gasteiger partial charge in [0.1, 0.15) is 12.4 Å². The Hall–Kier alpha value is -3.50. The van der Waals surface area contributed by atoms with E-state index in [4.69, 9.17) is 21.1 Å². The first-order chi connectivity index (χ1) is 20.1. The minimum atomic E-state index is -0.0546. The van der Waals surface area contributed by atoms with E-state index in [0.717, 1.165) is 90.1 Å². The van der Waals surface area contributed by atoms with Gasteiger partial charge in [-0.15, -0.1) is 0 Å². The number of aromatic nitrogens is 2. The number of unbranched alkanes of at least 4 members (excludes halogenated alkanes) is 1. The van der Waals surface area contributed by atoms with E-state index in [-0.39, 0.29) is 5.91 Å². The van der Waals surface area contributed by atoms with Gasteiger partial charge in [0.2, 0.25) is 0 Å². The normalized spacial score (nSPS) is 14.2. The largest absolute Gasteiger partial charge is 0.486 e. The zero-order valence-electron chi connectivity index (χ0n) is 23.1. The number of nitrogens with one attached hydrogen (secondary N) is 2. The minimum Gasteiger partial charge on any atom is -0.486 e. The number of hydrogen-bond acceptors (Lipinski definition) is 8. The number of carbonyl (C=O) groups excluding carboxylic acids is 1. The van der Waals surface area contributed by atoms with Crippen LogP contribution in [0.1, 0.15) is 31.9 Å². The van der Waals surface area contributed by atoms with Crippen molar-refractivity contribution in [2.75, 3.05) is 43.5 Å². The molecule has 0 unspecified atom stereocenters. The molecule has 5 rings (SSSR count). The zero-order valence-corrected chi connectivity index (χ0v) is 24.6. The number of ether oxygens (including phenoxy) is 2. The number of halogens is 1. The summed E-state index contributed by atoms with van der Waals surface area (Å²) in [6.07, 6.45) is 6.46. The number of morpholine rings is 1. The monoisotopic (exact) mass is 591 g/mol. The zero-order chi connectivity index (χ0) is 28.4. The van der Waals surface area contributed by atoms with Gasteiger partial charge < -0.3 is 20.1 Å². The molecule has 2 N–H and O–H groups in total. The SMILES string of the molecule is CC=C(CCCCN1CCOCC1)C(=O)Nc1ccc2nc(Nc3ccc(OCc4ccccn4)c(Cl)c3)sc2c1. The summed E-state index contributed by atoms with van der Waals surface area (Å²) in [6.45, 7) is 6.94. The number of benzene rings is 2. The fourth-order valence-electron chi connectivity index (χ4n) is 4.59. The average Bonchev–Trinajstić information content (AvgIpc) is 3.39. The molecule has 1 aliphatic rings. The van der Waals surface area contributed by atoms with E-state index >= 15 is 0 Å². The van der Waals surface area contributed by atoms with Gasteiger partial charge in [0.15, 0.2) is 5.13 Å². The maximum absolute atomic E-state index is 13.0. The van der Waals surface area contributed by atoms with Crippen molar-refractivity contribution >= 4 is 55.6 Å². The number of rotatable bonds is 12. The second-order valence-electron chi connectivity index (χ2n) is 9.76. The summed E-state index contributed by atoms with van der Waals surface area (Å²) >= 11 is 7.98. The van der Waals surface area contributed by atoms with Gasteiger partial charge in [0, 0.05) is 36.2 Å². The molecule has 4 aromatic rings. The molecule has 1 fully saturated rings. The van der Waals surface area contributed by atoms with Crippen LogP contribution in [0.4, 0.5) is 16.5 Å². The average molecular weight is 592 g/mol. The summed E-state index contributed by atoms with van der Waals surface area (Å²) in [5.74, 6) is 0.534. The Morgan fingerprint density at radius 2 is 1.98 bits per heavy atom. The van der Waals surface area contributed by atoms with Gasteiger partial charge in [-0.2, -0.15) is 0 Å². The Morgan fingerprint density at radius 1 is 1.12 bits per heavy atom. The van der Waals surface area contributed by atoms with Crippen LogP contribution in [-0.2, 0) is 16.1 Å². The van der Waals surface area contributed by atoms with Crippen molar-refractivity contribution in [1.82, 2.24) is 14.9 Å². The molecule has 3 heterocycles.